The molecule has 0 radical (unpaired) electrons. The smallest absolute Gasteiger partial charge is 0.276 e. The van der Waals surface area contributed by atoms with Gasteiger partial charge in [-0.3, -0.25) is 4.79 Å². The van der Waals surface area contributed by atoms with Gasteiger partial charge in [0.1, 0.15) is 5.75 Å². The maximum absolute atomic E-state index is 12.4. The van der Waals surface area contributed by atoms with Crippen molar-refractivity contribution in [3.05, 3.63) is 59.9 Å². The van der Waals surface area contributed by atoms with Gasteiger partial charge in [0, 0.05) is 25.8 Å². The summed E-state index contributed by atoms with van der Waals surface area (Å²) in [5.41, 5.74) is 6.62. The molecule has 0 fully saturated rings. The Balaban J connectivity index is 2.20. The minimum atomic E-state index is -0.322. The number of hydrogen-bond acceptors (Lipinski definition) is 4. The van der Waals surface area contributed by atoms with E-state index in [0.717, 1.165) is 5.56 Å². The first-order valence-electron chi connectivity index (χ1n) is 6.39. The molecule has 104 valence electrons. The number of amides is 1. The maximum Gasteiger partial charge on any atom is 0.276 e. The van der Waals surface area contributed by atoms with Gasteiger partial charge >= 0.3 is 0 Å². The first-order chi connectivity index (χ1) is 9.72. The Bertz CT molecular complexity index is 572. The average Bonchev–Trinajstić information content (AvgIpc) is 2.48. The normalized spacial score (nSPS) is 10.2. The van der Waals surface area contributed by atoms with E-state index in [1.807, 2.05) is 30.3 Å². The molecule has 1 heterocycles. The number of aromatic nitrogens is 1. The van der Waals surface area contributed by atoms with E-state index in [1.165, 1.54) is 12.3 Å². The summed E-state index contributed by atoms with van der Waals surface area (Å²) in [6, 6.07) is 12.7. The lowest BCUT2D eigenvalue weighted by Gasteiger charge is -2.22. The van der Waals surface area contributed by atoms with E-state index in [-0.39, 0.29) is 17.4 Å². The van der Waals surface area contributed by atoms with Gasteiger partial charge in [0.2, 0.25) is 0 Å². The molecule has 1 aromatic carbocycles. The van der Waals surface area contributed by atoms with Crippen molar-refractivity contribution < 1.29 is 9.90 Å². The third-order valence-electron chi connectivity index (χ3n) is 2.89. The van der Waals surface area contributed by atoms with E-state index < -0.39 is 0 Å². The number of hydrogen-bond donors (Lipinski definition) is 2. The van der Waals surface area contributed by atoms with Gasteiger partial charge in [-0.15, -0.1) is 0 Å². The molecule has 1 aromatic heterocycles. The summed E-state index contributed by atoms with van der Waals surface area (Å²) in [6.07, 6.45) is 1.48. The van der Waals surface area contributed by atoms with E-state index in [9.17, 15) is 9.90 Å². The van der Waals surface area contributed by atoms with Crippen LogP contribution in [0.4, 0.5) is 0 Å². The number of aromatic hydroxyl groups is 1. The molecule has 0 spiro atoms. The molecule has 0 bridgehead atoms. The fourth-order valence-electron chi connectivity index (χ4n) is 1.92. The summed E-state index contributed by atoms with van der Waals surface area (Å²) in [5, 5.41) is 9.72. The molecule has 2 aromatic rings. The summed E-state index contributed by atoms with van der Waals surface area (Å²) >= 11 is 0. The molecule has 0 aliphatic rings. The van der Waals surface area contributed by atoms with Crippen molar-refractivity contribution in [2.24, 2.45) is 5.73 Å². The maximum atomic E-state index is 12.4. The van der Waals surface area contributed by atoms with Crippen LogP contribution in [0.1, 0.15) is 16.1 Å². The standard InChI is InChI=1S/C15H17N3O2/c16-8-10-18(11-12-5-2-1-3-6-12)15(20)14-13(19)7-4-9-17-14/h1-7,9,19H,8,10-11,16H2. The van der Waals surface area contributed by atoms with Gasteiger partial charge in [0.15, 0.2) is 5.69 Å². The van der Waals surface area contributed by atoms with Crippen molar-refractivity contribution in [3.63, 3.8) is 0 Å². The van der Waals surface area contributed by atoms with E-state index >= 15 is 0 Å². The number of benzene rings is 1. The van der Waals surface area contributed by atoms with E-state index in [2.05, 4.69) is 4.98 Å². The first-order valence-corrected chi connectivity index (χ1v) is 6.39. The molecule has 0 unspecified atom stereocenters. The number of nitrogens with zero attached hydrogens (tertiary/aromatic N) is 2. The van der Waals surface area contributed by atoms with Gasteiger partial charge < -0.3 is 15.7 Å². The summed E-state index contributed by atoms with van der Waals surface area (Å²) in [6.45, 7) is 1.20. The third-order valence-corrected chi connectivity index (χ3v) is 2.89. The molecular weight excluding hydrogens is 254 g/mol. The highest BCUT2D eigenvalue weighted by atomic mass is 16.3. The van der Waals surface area contributed by atoms with Gasteiger partial charge in [-0.1, -0.05) is 30.3 Å². The summed E-state index contributed by atoms with van der Waals surface area (Å²) in [5.74, 6) is -0.440. The molecule has 5 heteroatoms. The molecule has 0 aliphatic heterocycles. The molecule has 1 amide bonds. The Morgan fingerprint density at radius 3 is 2.60 bits per heavy atom. The SMILES string of the molecule is NCCN(Cc1ccccc1)C(=O)c1ncccc1O. The monoisotopic (exact) mass is 271 g/mol. The number of carbonyl (C=O) groups is 1. The van der Waals surface area contributed by atoms with E-state index in [0.29, 0.717) is 19.6 Å². The van der Waals surface area contributed by atoms with Crippen LogP contribution < -0.4 is 5.73 Å². The molecule has 20 heavy (non-hydrogen) atoms. The molecule has 3 N–H and O–H groups in total. The van der Waals surface area contributed by atoms with Crippen molar-refractivity contribution >= 4 is 5.91 Å². The lowest BCUT2D eigenvalue weighted by atomic mass is 10.2. The lowest BCUT2D eigenvalue weighted by Crippen LogP contribution is -2.35. The Kier molecular flexibility index (Phi) is 4.68. The molecule has 0 saturated heterocycles. The van der Waals surface area contributed by atoms with Gasteiger partial charge in [0.25, 0.3) is 5.91 Å². The highest BCUT2D eigenvalue weighted by Gasteiger charge is 2.19. The van der Waals surface area contributed by atoms with Crippen LogP contribution in [-0.4, -0.2) is 34.0 Å². The minimum absolute atomic E-state index is 0.0527. The highest BCUT2D eigenvalue weighted by Crippen LogP contribution is 2.16. The van der Waals surface area contributed by atoms with Crippen molar-refractivity contribution in [2.75, 3.05) is 13.1 Å². The second kappa shape index (κ2) is 6.68. The van der Waals surface area contributed by atoms with Gasteiger partial charge in [-0.25, -0.2) is 4.98 Å². The van der Waals surface area contributed by atoms with Gasteiger partial charge in [-0.2, -0.15) is 0 Å². The largest absolute Gasteiger partial charge is 0.505 e. The Labute approximate surface area is 117 Å². The highest BCUT2D eigenvalue weighted by molar-refractivity contribution is 5.94. The van der Waals surface area contributed by atoms with Crippen LogP contribution in [0.2, 0.25) is 0 Å². The Morgan fingerprint density at radius 1 is 1.20 bits per heavy atom. The number of carbonyl (C=O) groups excluding carboxylic acids is 1. The quantitative estimate of drug-likeness (QED) is 0.861. The second-order valence-electron chi connectivity index (χ2n) is 4.37. The molecule has 2 rings (SSSR count). The van der Waals surface area contributed by atoms with E-state index in [4.69, 9.17) is 5.73 Å². The second-order valence-corrected chi connectivity index (χ2v) is 4.37. The molecule has 0 saturated carbocycles. The molecule has 0 atom stereocenters. The lowest BCUT2D eigenvalue weighted by molar-refractivity contribution is 0.0739. The predicted octanol–water partition coefficient (Wildman–Crippen LogP) is 1.39. The number of pyridine rings is 1. The van der Waals surface area contributed by atoms with E-state index in [1.54, 1.807) is 11.0 Å². The Morgan fingerprint density at radius 2 is 1.95 bits per heavy atom. The minimum Gasteiger partial charge on any atom is -0.505 e. The van der Waals surface area contributed by atoms with Crippen LogP contribution in [0.3, 0.4) is 0 Å². The fourth-order valence-corrected chi connectivity index (χ4v) is 1.92. The topological polar surface area (TPSA) is 79.5 Å². The van der Waals surface area contributed by atoms with Crippen molar-refractivity contribution in [1.82, 2.24) is 9.88 Å². The summed E-state index contributed by atoms with van der Waals surface area (Å²) in [4.78, 5) is 17.9. The summed E-state index contributed by atoms with van der Waals surface area (Å²) in [7, 11) is 0. The zero-order valence-electron chi connectivity index (χ0n) is 11.1. The van der Waals surface area contributed by atoms with Crippen LogP contribution in [0.5, 0.6) is 5.75 Å². The zero-order chi connectivity index (χ0) is 14.4. The van der Waals surface area contributed by atoms with Gasteiger partial charge in [-0.05, 0) is 17.7 Å². The van der Waals surface area contributed by atoms with Crippen molar-refractivity contribution in [1.29, 1.82) is 0 Å². The molecule has 0 aliphatic carbocycles. The number of nitrogens with two attached hydrogens (primary N) is 1. The molecule has 5 nitrogen and oxygen atoms in total. The predicted molar refractivity (Wildman–Crippen MR) is 76.1 cm³/mol. The van der Waals surface area contributed by atoms with Crippen LogP contribution in [0.15, 0.2) is 48.7 Å². The van der Waals surface area contributed by atoms with Crippen LogP contribution in [-0.2, 0) is 6.54 Å². The van der Waals surface area contributed by atoms with Crippen LogP contribution in [0.25, 0.3) is 0 Å². The molecular formula is C15H17N3O2. The zero-order valence-corrected chi connectivity index (χ0v) is 11.1. The Hall–Kier alpha value is -2.40. The van der Waals surface area contributed by atoms with Crippen molar-refractivity contribution in [3.8, 4) is 5.75 Å². The number of rotatable bonds is 5. The summed E-state index contributed by atoms with van der Waals surface area (Å²) < 4.78 is 0. The first kappa shape index (κ1) is 14.0. The average molecular weight is 271 g/mol. The third kappa shape index (κ3) is 3.33. The van der Waals surface area contributed by atoms with Crippen LogP contribution in [0, 0.1) is 0 Å². The fraction of sp³-hybridized carbons (Fsp3) is 0.200. The van der Waals surface area contributed by atoms with Crippen molar-refractivity contribution in [2.45, 2.75) is 6.54 Å². The van der Waals surface area contributed by atoms with Gasteiger partial charge in [0.05, 0.1) is 0 Å². The van der Waals surface area contributed by atoms with Crippen LogP contribution >= 0.6 is 0 Å².